The molecule has 0 aliphatic heterocycles. The second kappa shape index (κ2) is 20.8. The minimum absolute atomic E-state index is 0. The summed E-state index contributed by atoms with van der Waals surface area (Å²) >= 11 is 0. The van der Waals surface area contributed by atoms with Gasteiger partial charge in [-0.25, -0.2) is 0 Å². The first-order valence-electron chi connectivity index (χ1n) is 13.4. The number of hydrogen-bond donors (Lipinski definition) is 0. The normalized spacial score (nSPS) is 10.5. The van der Waals surface area contributed by atoms with Crippen molar-refractivity contribution in [2.24, 2.45) is 0 Å². The van der Waals surface area contributed by atoms with Crippen LogP contribution < -0.4 is 35.4 Å². The van der Waals surface area contributed by atoms with Crippen molar-refractivity contribution in [1.29, 1.82) is 0 Å². The third-order valence-electron chi connectivity index (χ3n) is 6.65. The van der Waals surface area contributed by atoms with Crippen LogP contribution in [-0.2, 0) is 26.2 Å². The Balaban J connectivity index is 0.000000739. The number of halogens is 2. The Morgan fingerprint density at radius 1 is 0.595 bits per heavy atom. The number of benzene rings is 2. The summed E-state index contributed by atoms with van der Waals surface area (Å²) in [7, 11) is 0.122. The predicted octanol–water partition coefficient (Wildman–Crippen LogP) is 3.76. The van der Waals surface area contributed by atoms with E-state index in [2.05, 4.69) is 100.0 Å². The first-order chi connectivity index (χ1) is 16.6. The molecule has 0 N–H and O–H groups in total. The van der Waals surface area contributed by atoms with E-state index < -0.39 is 0 Å². The third-order valence-corrected chi connectivity index (χ3v) is 10.6. The van der Waals surface area contributed by atoms with Crippen LogP contribution in [0.5, 0.6) is 0 Å². The molecule has 4 aromatic rings. The van der Waals surface area contributed by atoms with Gasteiger partial charge >= 0.3 is 26.2 Å². The van der Waals surface area contributed by atoms with Crippen LogP contribution in [0.2, 0.25) is 0 Å². The van der Waals surface area contributed by atoms with E-state index in [9.17, 15) is 0 Å². The van der Waals surface area contributed by atoms with Gasteiger partial charge in [-0.3, -0.25) is 0 Å². The zero-order chi connectivity index (χ0) is 24.2. The van der Waals surface area contributed by atoms with E-state index in [1.54, 1.807) is 5.30 Å². The number of unbranched alkanes of at least 4 members (excludes halogenated alkanes) is 6. The number of rotatable bonds is 12. The molecular formula is C32H44Cl2P2Zr. The average molecular weight is 653 g/mol. The quantitative estimate of drug-likeness (QED) is 0.124. The summed E-state index contributed by atoms with van der Waals surface area (Å²) < 4.78 is 0. The molecule has 4 rings (SSSR count). The van der Waals surface area contributed by atoms with Crippen LogP contribution in [0.3, 0.4) is 0 Å². The Morgan fingerprint density at radius 2 is 1.03 bits per heavy atom. The second-order valence-corrected chi connectivity index (χ2v) is 14.5. The van der Waals surface area contributed by atoms with Crippen LogP contribution in [0.15, 0.2) is 72.8 Å². The van der Waals surface area contributed by atoms with Crippen molar-refractivity contribution >= 4 is 48.0 Å². The van der Waals surface area contributed by atoms with Crippen molar-refractivity contribution in [2.45, 2.75) is 65.2 Å². The van der Waals surface area contributed by atoms with Crippen molar-refractivity contribution in [3.8, 4) is 0 Å². The van der Waals surface area contributed by atoms with Gasteiger partial charge in [-0.2, -0.15) is 12.1 Å². The van der Waals surface area contributed by atoms with Crippen molar-refractivity contribution in [3.05, 3.63) is 72.8 Å². The summed E-state index contributed by atoms with van der Waals surface area (Å²) in [5, 5.41) is 8.79. The molecule has 0 aliphatic rings. The van der Waals surface area contributed by atoms with Gasteiger partial charge in [0, 0.05) is 0 Å². The van der Waals surface area contributed by atoms with E-state index in [4.69, 9.17) is 0 Å². The molecule has 0 heterocycles. The van der Waals surface area contributed by atoms with E-state index in [0.717, 1.165) is 0 Å². The van der Waals surface area contributed by atoms with Gasteiger partial charge in [-0.1, -0.05) is 72.4 Å². The molecule has 200 valence electrons. The van der Waals surface area contributed by atoms with Gasteiger partial charge < -0.3 is 24.8 Å². The summed E-state index contributed by atoms with van der Waals surface area (Å²) in [4.78, 5) is 0. The van der Waals surface area contributed by atoms with E-state index in [0.29, 0.717) is 0 Å². The van der Waals surface area contributed by atoms with Gasteiger partial charge in [0.15, 0.2) is 0 Å². The fourth-order valence-corrected chi connectivity index (χ4v) is 7.93. The maximum atomic E-state index is 2.47. The molecule has 0 fully saturated rings. The van der Waals surface area contributed by atoms with Gasteiger partial charge in [0.1, 0.15) is 0 Å². The summed E-state index contributed by atoms with van der Waals surface area (Å²) in [5.74, 6) is 0. The minimum atomic E-state index is 0. The minimum Gasteiger partial charge on any atom is -1.00 e. The zero-order valence-corrected chi connectivity index (χ0v) is 28.9. The van der Waals surface area contributed by atoms with E-state index >= 15 is 0 Å². The number of fused-ring (bicyclic) bond motifs is 2. The van der Waals surface area contributed by atoms with Crippen LogP contribution >= 0.6 is 15.8 Å². The smallest absolute Gasteiger partial charge is 1.00 e. The first-order valence-corrected chi connectivity index (χ1v) is 17.3. The van der Waals surface area contributed by atoms with Crippen LogP contribution in [0, 0.1) is 0 Å². The molecule has 37 heavy (non-hydrogen) atoms. The Labute approximate surface area is 260 Å². The summed E-state index contributed by atoms with van der Waals surface area (Å²) in [6, 6.07) is 27.0. The molecule has 0 atom stereocenters. The molecule has 0 aliphatic carbocycles. The Hall–Kier alpha value is -0.0169. The van der Waals surface area contributed by atoms with Gasteiger partial charge in [0.2, 0.25) is 0 Å². The Kier molecular flexibility index (Phi) is 20.8. The van der Waals surface area contributed by atoms with Crippen LogP contribution in [-0.4, -0.2) is 25.7 Å². The molecule has 0 aromatic heterocycles. The van der Waals surface area contributed by atoms with Crippen molar-refractivity contribution in [1.82, 2.24) is 0 Å². The summed E-state index contributed by atoms with van der Waals surface area (Å²) in [6.07, 6.45) is 14.1. The first kappa shape index (κ1) is 37.0. The van der Waals surface area contributed by atoms with Crippen LogP contribution in [0.1, 0.15) is 65.2 Å². The topological polar surface area (TPSA) is 0 Å². The molecule has 0 unspecified atom stereocenters. The van der Waals surface area contributed by atoms with Gasteiger partial charge in [0.05, 0.1) is 0 Å². The van der Waals surface area contributed by atoms with Crippen LogP contribution in [0.25, 0.3) is 21.5 Å². The van der Waals surface area contributed by atoms with Gasteiger partial charge in [0.25, 0.3) is 0 Å². The molecule has 5 heteroatoms. The monoisotopic (exact) mass is 650 g/mol. The van der Waals surface area contributed by atoms with Crippen molar-refractivity contribution in [2.75, 3.05) is 25.7 Å². The molecule has 0 saturated heterocycles. The molecular weight excluding hydrogens is 608 g/mol. The van der Waals surface area contributed by atoms with Crippen LogP contribution in [0.4, 0.5) is 0 Å². The molecule has 0 bridgehead atoms. The standard InChI is InChI=1S/C21H32P.C11H12P.2ClH.Zr/c1-3-5-7-11-15-22(16-12-8-6-4-2)21-17-19-13-9-10-14-20(19)18-21;1-12(2)11-7-9-5-3-4-6-10(9)8-11;;;/h9-10,13-14,17-18H,3-8,11-12,15-16H2,1-2H3;3-8H,1-2H3;2*1H;/q2*-1;;;+4/p-2. The molecule has 0 radical (unpaired) electrons. The number of hydrogen-bond acceptors (Lipinski definition) is 0. The van der Waals surface area contributed by atoms with E-state index in [-0.39, 0.29) is 66.9 Å². The maximum Gasteiger partial charge on any atom is 4.00 e. The van der Waals surface area contributed by atoms with E-state index in [1.165, 1.54) is 90.5 Å². The molecule has 0 spiro atoms. The van der Waals surface area contributed by atoms with E-state index in [1.807, 2.05) is 0 Å². The van der Waals surface area contributed by atoms with Crippen molar-refractivity contribution in [3.63, 3.8) is 0 Å². The molecule has 0 saturated carbocycles. The Morgan fingerprint density at radius 3 is 1.46 bits per heavy atom. The van der Waals surface area contributed by atoms with Gasteiger partial charge in [-0.15, -0.1) is 88.6 Å². The fraction of sp³-hybridized carbons (Fsp3) is 0.438. The average Bonchev–Trinajstić information content (AvgIpc) is 3.48. The molecule has 0 nitrogen and oxygen atoms in total. The fourth-order valence-electron chi connectivity index (χ4n) is 4.54. The third kappa shape index (κ3) is 12.4. The van der Waals surface area contributed by atoms with Crippen molar-refractivity contribution < 1.29 is 51.0 Å². The SMILES string of the molecule is CCCCCCP(CCCCCC)c1cc2ccccc2[cH-]1.CP(C)c1cc2ccccc2[cH-]1.[Cl-].[Cl-].[Zr+4]. The second-order valence-electron chi connectivity index (χ2n) is 9.69. The largest absolute Gasteiger partial charge is 4.00 e. The van der Waals surface area contributed by atoms with Gasteiger partial charge in [-0.05, 0) is 38.5 Å². The maximum absolute atomic E-state index is 2.47. The molecule has 4 aromatic carbocycles. The molecule has 0 amide bonds. The summed E-state index contributed by atoms with van der Waals surface area (Å²) in [6.45, 7) is 9.20. The predicted molar refractivity (Wildman–Crippen MR) is 162 cm³/mol. The Bertz CT molecular complexity index is 1020. The zero-order valence-electron chi connectivity index (χ0n) is 23.1. The summed E-state index contributed by atoms with van der Waals surface area (Å²) in [5.41, 5.74) is 0.